The van der Waals surface area contributed by atoms with E-state index in [9.17, 15) is 8.42 Å². The van der Waals surface area contributed by atoms with Crippen LogP contribution in [-0.4, -0.2) is 68.3 Å². The van der Waals surface area contributed by atoms with Gasteiger partial charge in [0, 0.05) is 26.2 Å². The third-order valence-electron chi connectivity index (χ3n) is 2.20. The molecule has 0 spiro atoms. The van der Waals surface area contributed by atoms with Crippen molar-refractivity contribution in [2.75, 3.05) is 45.6 Å². The van der Waals surface area contributed by atoms with Crippen LogP contribution in [0.5, 0.6) is 0 Å². The molecule has 0 amide bonds. The van der Waals surface area contributed by atoms with E-state index in [2.05, 4.69) is 4.90 Å². The van der Waals surface area contributed by atoms with Crippen molar-refractivity contribution in [2.45, 2.75) is 0 Å². The molecule has 1 N–H and O–H groups in total. The summed E-state index contributed by atoms with van der Waals surface area (Å²) in [5, 5.41) is 8.57. The Morgan fingerprint density at radius 3 is 2.23 bits per heavy atom. The first-order valence-corrected chi connectivity index (χ1v) is 5.94. The lowest BCUT2D eigenvalue weighted by molar-refractivity contribution is 0.220. The average molecular weight is 208 g/mol. The van der Waals surface area contributed by atoms with Crippen LogP contribution in [0.1, 0.15) is 0 Å². The van der Waals surface area contributed by atoms with Crippen LogP contribution in [0.4, 0.5) is 0 Å². The zero-order valence-electron chi connectivity index (χ0n) is 7.81. The van der Waals surface area contributed by atoms with Crippen LogP contribution in [0.15, 0.2) is 0 Å². The molecule has 0 aliphatic carbocycles. The molecule has 78 valence electrons. The Labute approximate surface area is 79.0 Å². The molecule has 0 saturated carbocycles. The van der Waals surface area contributed by atoms with Gasteiger partial charge in [0.15, 0.2) is 0 Å². The van der Waals surface area contributed by atoms with Gasteiger partial charge in [-0.15, -0.1) is 0 Å². The number of aliphatic hydroxyl groups is 1. The van der Waals surface area contributed by atoms with Gasteiger partial charge in [-0.05, 0) is 7.05 Å². The SMILES string of the molecule is CN1CCN(S(=O)(=O)CCO)CC1. The number of nitrogens with zero attached hydrogens (tertiary/aromatic N) is 2. The van der Waals surface area contributed by atoms with Crippen molar-refractivity contribution in [2.24, 2.45) is 0 Å². The van der Waals surface area contributed by atoms with Gasteiger partial charge in [0.1, 0.15) is 0 Å². The van der Waals surface area contributed by atoms with Crippen molar-refractivity contribution >= 4 is 10.0 Å². The molecule has 5 nitrogen and oxygen atoms in total. The van der Waals surface area contributed by atoms with Gasteiger partial charge in [0.25, 0.3) is 0 Å². The van der Waals surface area contributed by atoms with Gasteiger partial charge in [-0.3, -0.25) is 0 Å². The molecule has 1 aliphatic rings. The minimum absolute atomic E-state index is 0.156. The molecule has 0 aromatic heterocycles. The van der Waals surface area contributed by atoms with Crippen molar-refractivity contribution in [1.82, 2.24) is 9.21 Å². The number of aliphatic hydroxyl groups excluding tert-OH is 1. The molecule has 1 heterocycles. The number of sulfonamides is 1. The number of hydrogen-bond donors (Lipinski definition) is 1. The van der Waals surface area contributed by atoms with E-state index >= 15 is 0 Å². The van der Waals surface area contributed by atoms with E-state index in [-0.39, 0.29) is 12.4 Å². The zero-order chi connectivity index (χ0) is 9.90. The molecule has 0 aromatic rings. The molecule has 0 aromatic carbocycles. The van der Waals surface area contributed by atoms with Crippen LogP contribution < -0.4 is 0 Å². The lowest BCUT2D eigenvalue weighted by Crippen LogP contribution is -2.48. The second-order valence-corrected chi connectivity index (χ2v) is 5.33. The first-order chi connectivity index (χ1) is 6.06. The van der Waals surface area contributed by atoms with Gasteiger partial charge in [0.05, 0.1) is 12.4 Å². The first-order valence-electron chi connectivity index (χ1n) is 4.33. The van der Waals surface area contributed by atoms with Crippen LogP contribution in [0, 0.1) is 0 Å². The lowest BCUT2D eigenvalue weighted by Gasteiger charge is -2.31. The summed E-state index contributed by atoms with van der Waals surface area (Å²) in [6.45, 7) is 2.32. The van der Waals surface area contributed by atoms with Crippen LogP contribution in [0.3, 0.4) is 0 Å². The summed E-state index contributed by atoms with van der Waals surface area (Å²) in [5.41, 5.74) is 0. The van der Waals surface area contributed by atoms with Gasteiger partial charge < -0.3 is 10.0 Å². The quantitative estimate of drug-likeness (QED) is 0.617. The molecular formula is C7H16N2O3S. The summed E-state index contributed by atoms with van der Waals surface area (Å²) < 4.78 is 24.3. The monoisotopic (exact) mass is 208 g/mol. The zero-order valence-corrected chi connectivity index (χ0v) is 8.63. The van der Waals surface area contributed by atoms with E-state index in [0.717, 1.165) is 13.1 Å². The Hall–Kier alpha value is -0.170. The number of rotatable bonds is 3. The van der Waals surface area contributed by atoms with E-state index in [0.29, 0.717) is 13.1 Å². The van der Waals surface area contributed by atoms with Gasteiger partial charge >= 0.3 is 0 Å². The number of likely N-dealkylation sites (N-methyl/N-ethyl adjacent to an activating group) is 1. The van der Waals surface area contributed by atoms with Crippen LogP contribution in [0.2, 0.25) is 0 Å². The third-order valence-corrected chi connectivity index (χ3v) is 4.06. The van der Waals surface area contributed by atoms with Gasteiger partial charge in [-0.1, -0.05) is 0 Å². The number of hydrogen-bond acceptors (Lipinski definition) is 4. The molecule has 1 rings (SSSR count). The molecule has 6 heteroatoms. The highest BCUT2D eigenvalue weighted by atomic mass is 32.2. The average Bonchev–Trinajstić information content (AvgIpc) is 2.05. The maximum absolute atomic E-state index is 11.4. The highest BCUT2D eigenvalue weighted by Crippen LogP contribution is 2.05. The predicted molar refractivity (Wildman–Crippen MR) is 49.9 cm³/mol. The third kappa shape index (κ3) is 2.91. The van der Waals surface area contributed by atoms with Crippen molar-refractivity contribution in [3.63, 3.8) is 0 Å². The molecule has 1 fully saturated rings. The van der Waals surface area contributed by atoms with Crippen molar-refractivity contribution in [3.05, 3.63) is 0 Å². The van der Waals surface area contributed by atoms with Gasteiger partial charge in [-0.2, -0.15) is 4.31 Å². The Kier molecular flexibility index (Phi) is 3.66. The smallest absolute Gasteiger partial charge is 0.216 e. The lowest BCUT2D eigenvalue weighted by atomic mass is 10.4. The summed E-state index contributed by atoms with van der Waals surface area (Å²) in [6, 6.07) is 0. The first kappa shape index (κ1) is 10.9. The molecule has 0 bridgehead atoms. The molecular weight excluding hydrogens is 192 g/mol. The topological polar surface area (TPSA) is 60.9 Å². The molecule has 1 saturated heterocycles. The predicted octanol–water partition coefficient (Wildman–Crippen LogP) is -1.44. The fourth-order valence-electron chi connectivity index (χ4n) is 1.31. The van der Waals surface area contributed by atoms with Crippen molar-refractivity contribution in [3.8, 4) is 0 Å². The summed E-state index contributed by atoms with van der Waals surface area (Å²) in [4.78, 5) is 2.09. The van der Waals surface area contributed by atoms with E-state index in [1.165, 1.54) is 4.31 Å². The highest BCUT2D eigenvalue weighted by Gasteiger charge is 2.24. The Morgan fingerprint density at radius 1 is 1.23 bits per heavy atom. The maximum Gasteiger partial charge on any atom is 0.216 e. The molecule has 13 heavy (non-hydrogen) atoms. The standard InChI is InChI=1S/C7H16N2O3S/c1-8-2-4-9(5-3-8)13(11,12)7-6-10/h10H,2-7H2,1H3. The molecule has 0 radical (unpaired) electrons. The minimum Gasteiger partial charge on any atom is -0.395 e. The molecule has 0 unspecified atom stereocenters. The summed E-state index contributed by atoms with van der Waals surface area (Å²) in [5.74, 6) is -0.156. The van der Waals surface area contributed by atoms with Gasteiger partial charge in [-0.25, -0.2) is 8.42 Å². The summed E-state index contributed by atoms with van der Waals surface area (Å²) in [7, 11) is -1.23. The Balaban J connectivity index is 2.53. The van der Waals surface area contributed by atoms with Crippen molar-refractivity contribution < 1.29 is 13.5 Å². The summed E-state index contributed by atoms with van der Waals surface area (Å²) in [6.07, 6.45) is 0. The summed E-state index contributed by atoms with van der Waals surface area (Å²) >= 11 is 0. The normalized spacial score (nSPS) is 22.0. The van der Waals surface area contributed by atoms with Crippen LogP contribution >= 0.6 is 0 Å². The van der Waals surface area contributed by atoms with E-state index in [4.69, 9.17) is 5.11 Å². The number of piperazine rings is 1. The second kappa shape index (κ2) is 4.36. The maximum atomic E-state index is 11.4. The van der Waals surface area contributed by atoms with Crippen LogP contribution in [0.25, 0.3) is 0 Å². The van der Waals surface area contributed by atoms with E-state index in [1.807, 2.05) is 7.05 Å². The van der Waals surface area contributed by atoms with E-state index < -0.39 is 10.0 Å². The Bertz CT molecular complexity index is 244. The molecule has 0 atom stereocenters. The molecule has 1 aliphatic heterocycles. The van der Waals surface area contributed by atoms with Crippen molar-refractivity contribution in [1.29, 1.82) is 0 Å². The largest absolute Gasteiger partial charge is 0.395 e. The van der Waals surface area contributed by atoms with Gasteiger partial charge in [0.2, 0.25) is 10.0 Å². The Morgan fingerprint density at radius 2 is 1.77 bits per heavy atom. The van der Waals surface area contributed by atoms with E-state index in [1.54, 1.807) is 0 Å². The fraction of sp³-hybridized carbons (Fsp3) is 1.00. The minimum atomic E-state index is -3.20. The fourth-order valence-corrected chi connectivity index (χ4v) is 2.52. The second-order valence-electron chi connectivity index (χ2n) is 3.24. The van der Waals surface area contributed by atoms with Crippen LogP contribution in [-0.2, 0) is 10.0 Å². The highest BCUT2D eigenvalue weighted by molar-refractivity contribution is 7.89.